The van der Waals surface area contributed by atoms with E-state index in [-0.39, 0.29) is 0 Å². The maximum Gasteiger partial charge on any atom is 0.0825 e. The van der Waals surface area contributed by atoms with Gasteiger partial charge in [0.05, 0.1) is 15.7 Å². The molecule has 0 unspecified atom stereocenters. The Kier molecular flexibility index (Phi) is 4.27. The van der Waals surface area contributed by atoms with E-state index in [0.717, 1.165) is 38.4 Å². The fourth-order valence-corrected chi connectivity index (χ4v) is 3.19. The summed E-state index contributed by atoms with van der Waals surface area (Å²) in [5.74, 6) is 0. The van der Waals surface area contributed by atoms with Gasteiger partial charge in [-0.15, -0.1) is 0 Å². The zero-order valence-corrected chi connectivity index (χ0v) is 12.9. The second-order valence-corrected chi connectivity index (χ2v) is 6.07. The van der Waals surface area contributed by atoms with Gasteiger partial charge in [0.15, 0.2) is 0 Å². The Hall–Kier alpha value is -1.06. The van der Waals surface area contributed by atoms with E-state index < -0.39 is 0 Å². The first-order chi connectivity index (χ1) is 9.74. The standard InChI is InChI=1S/C15H19Cl2N3/c16-13-4-1-5-14(15(13)17)20-9-7-19(8-10-20)11-12-3-2-6-18-12/h1,4-5,11,18H,2-3,6-10H2/b12-11+. The molecule has 0 aromatic heterocycles. The van der Waals surface area contributed by atoms with Crippen LogP contribution >= 0.6 is 23.2 Å². The predicted molar refractivity (Wildman–Crippen MR) is 85.6 cm³/mol. The van der Waals surface area contributed by atoms with E-state index >= 15 is 0 Å². The Morgan fingerprint density at radius 1 is 1.10 bits per heavy atom. The lowest BCUT2D eigenvalue weighted by Gasteiger charge is -2.36. The summed E-state index contributed by atoms with van der Waals surface area (Å²) in [5, 5.41) is 4.72. The molecule has 0 spiro atoms. The number of rotatable bonds is 2. The van der Waals surface area contributed by atoms with Gasteiger partial charge in [0.2, 0.25) is 0 Å². The first kappa shape index (κ1) is 13.9. The number of nitrogens with zero attached hydrogens (tertiary/aromatic N) is 2. The lowest BCUT2D eigenvalue weighted by atomic mass is 10.2. The highest BCUT2D eigenvalue weighted by Gasteiger charge is 2.19. The van der Waals surface area contributed by atoms with Gasteiger partial charge in [-0.05, 0) is 25.0 Å². The van der Waals surface area contributed by atoms with Crippen LogP contribution in [0, 0.1) is 0 Å². The van der Waals surface area contributed by atoms with Crippen LogP contribution in [0.15, 0.2) is 30.1 Å². The Morgan fingerprint density at radius 2 is 1.90 bits per heavy atom. The monoisotopic (exact) mass is 311 g/mol. The van der Waals surface area contributed by atoms with Gasteiger partial charge in [0.25, 0.3) is 0 Å². The molecule has 0 aliphatic carbocycles. The topological polar surface area (TPSA) is 18.5 Å². The van der Waals surface area contributed by atoms with Crippen molar-refractivity contribution >= 4 is 28.9 Å². The summed E-state index contributed by atoms with van der Waals surface area (Å²) >= 11 is 12.4. The highest BCUT2D eigenvalue weighted by atomic mass is 35.5. The second kappa shape index (κ2) is 6.15. The number of benzene rings is 1. The van der Waals surface area contributed by atoms with Crippen LogP contribution in [-0.4, -0.2) is 37.6 Å². The quantitative estimate of drug-likeness (QED) is 0.903. The van der Waals surface area contributed by atoms with Gasteiger partial charge in [-0.25, -0.2) is 0 Å². The first-order valence-corrected chi connectivity index (χ1v) is 7.87. The normalized spacial score (nSPS) is 21.4. The van der Waals surface area contributed by atoms with Crippen molar-refractivity contribution in [3.8, 4) is 0 Å². The first-order valence-electron chi connectivity index (χ1n) is 7.11. The Morgan fingerprint density at radius 3 is 2.60 bits per heavy atom. The molecule has 0 bridgehead atoms. The van der Waals surface area contributed by atoms with Gasteiger partial charge in [-0.1, -0.05) is 29.3 Å². The Bertz CT molecular complexity index is 500. The maximum atomic E-state index is 6.29. The molecule has 0 radical (unpaired) electrons. The third-order valence-corrected chi connectivity index (χ3v) is 4.71. The molecule has 2 aliphatic rings. The minimum atomic E-state index is 0.629. The Labute approximate surface area is 130 Å². The van der Waals surface area contributed by atoms with Crippen molar-refractivity contribution in [1.82, 2.24) is 10.2 Å². The minimum absolute atomic E-state index is 0.629. The van der Waals surface area contributed by atoms with Crippen molar-refractivity contribution in [1.29, 1.82) is 0 Å². The zero-order valence-electron chi connectivity index (χ0n) is 11.4. The van der Waals surface area contributed by atoms with Crippen molar-refractivity contribution in [2.75, 3.05) is 37.6 Å². The molecular weight excluding hydrogens is 293 g/mol. The van der Waals surface area contributed by atoms with Gasteiger partial charge >= 0.3 is 0 Å². The number of anilines is 1. The number of hydrogen-bond acceptors (Lipinski definition) is 3. The van der Waals surface area contributed by atoms with Crippen LogP contribution in [0.1, 0.15) is 12.8 Å². The average molecular weight is 312 g/mol. The smallest absolute Gasteiger partial charge is 0.0825 e. The molecule has 0 amide bonds. The molecule has 5 heteroatoms. The lowest BCUT2D eigenvalue weighted by molar-refractivity contribution is 0.345. The minimum Gasteiger partial charge on any atom is -0.387 e. The number of allylic oxidation sites excluding steroid dienone is 1. The van der Waals surface area contributed by atoms with Gasteiger partial charge in [-0.3, -0.25) is 0 Å². The van der Waals surface area contributed by atoms with Crippen LogP contribution < -0.4 is 10.2 Å². The van der Waals surface area contributed by atoms with Crippen molar-refractivity contribution in [2.45, 2.75) is 12.8 Å². The molecule has 108 valence electrons. The predicted octanol–water partition coefficient (Wildman–Crippen LogP) is 3.34. The fourth-order valence-electron chi connectivity index (χ4n) is 2.78. The number of hydrogen-bond donors (Lipinski definition) is 1. The number of nitrogens with one attached hydrogen (secondary N) is 1. The average Bonchev–Trinajstić information content (AvgIpc) is 2.96. The SMILES string of the molecule is Clc1cccc(N2CCN(/C=C3\CCCN3)CC2)c1Cl. The molecular formula is C15H19Cl2N3. The van der Waals surface area contributed by atoms with E-state index in [1.54, 1.807) is 0 Å². The van der Waals surface area contributed by atoms with E-state index in [1.165, 1.54) is 18.5 Å². The molecule has 1 aromatic rings. The summed E-state index contributed by atoms with van der Waals surface area (Å²) < 4.78 is 0. The molecule has 1 aromatic carbocycles. The van der Waals surface area contributed by atoms with Crippen molar-refractivity contribution in [3.05, 3.63) is 40.1 Å². The van der Waals surface area contributed by atoms with Crippen LogP contribution in [0.25, 0.3) is 0 Å². The molecule has 2 aliphatic heterocycles. The van der Waals surface area contributed by atoms with Crippen LogP contribution in [0.3, 0.4) is 0 Å². The molecule has 3 rings (SSSR count). The van der Waals surface area contributed by atoms with Crippen LogP contribution in [-0.2, 0) is 0 Å². The molecule has 2 fully saturated rings. The summed E-state index contributed by atoms with van der Waals surface area (Å²) in [7, 11) is 0. The second-order valence-electron chi connectivity index (χ2n) is 5.28. The van der Waals surface area contributed by atoms with Crippen molar-refractivity contribution in [3.63, 3.8) is 0 Å². The van der Waals surface area contributed by atoms with E-state index in [0.29, 0.717) is 10.0 Å². The molecule has 2 heterocycles. The molecule has 3 nitrogen and oxygen atoms in total. The largest absolute Gasteiger partial charge is 0.387 e. The molecule has 2 saturated heterocycles. The maximum absolute atomic E-state index is 6.29. The summed E-state index contributed by atoms with van der Waals surface area (Å²) in [6.07, 6.45) is 4.72. The summed E-state index contributed by atoms with van der Waals surface area (Å²) in [6.45, 7) is 5.11. The van der Waals surface area contributed by atoms with Crippen LogP contribution in [0.5, 0.6) is 0 Å². The summed E-state index contributed by atoms with van der Waals surface area (Å²) in [5.41, 5.74) is 2.42. The molecule has 0 saturated carbocycles. The molecule has 0 atom stereocenters. The number of halogens is 2. The summed E-state index contributed by atoms with van der Waals surface area (Å²) in [4.78, 5) is 4.70. The van der Waals surface area contributed by atoms with Gasteiger partial charge < -0.3 is 15.1 Å². The van der Waals surface area contributed by atoms with Gasteiger partial charge in [-0.2, -0.15) is 0 Å². The number of piperazine rings is 1. The van der Waals surface area contributed by atoms with Gasteiger partial charge in [0.1, 0.15) is 0 Å². The third-order valence-electron chi connectivity index (χ3n) is 3.90. The Balaban J connectivity index is 1.63. The van der Waals surface area contributed by atoms with E-state index in [4.69, 9.17) is 23.2 Å². The van der Waals surface area contributed by atoms with E-state index in [2.05, 4.69) is 21.3 Å². The lowest BCUT2D eigenvalue weighted by Crippen LogP contribution is -2.44. The van der Waals surface area contributed by atoms with Crippen molar-refractivity contribution < 1.29 is 0 Å². The van der Waals surface area contributed by atoms with Crippen LogP contribution in [0.4, 0.5) is 5.69 Å². The van der Waals surface area contributed by atoms with E-state index in [9.17, 15) is 0 Å². The molecule has 1 N–H and O–H groups in total. The van der Waals surface area contributed by atoms with Gasteiger partial charge in [0, 0.05) is 44.6 Å². The van der Waals surface area contributed by atoms with Crippen LogP contribution in [0.2, 0.25) is 10.0 Å². The highest BCUT2D eigenvalue weighted by Crippen LogP contribution is 2.32. The van der Waals surface area contributed by atoms with E-state index in [1.807, 2.05) is 18.2 Å². The molecule has 20 heavy (non-hydrogen) atoms. The fraction of sp³-hybridized carbons (Fsp3) is 0.467. The highest BCUT2D eigenvalue weighted by molar-refractivity contribution is 6.43. The third kappa shape index (κ3) is 2.99. The zero-order chi connectivity index (χ0) is 13.9. The van der Waals surface area contributed by atoms with Crippen molar-refractivity contribution in [2.24, 2.45) is 0 Å². The summed E-state index contributed by atoms with van der Waals surface area (Å²) in [6, 6.07) is 5.83.